The third-order valence-electron chi connectivity index (χ3n) is 2.24. The summed E-state index contributed by atoms with van der Waals surface area (Å²) in [5, 5.41) is 0. The molecule has 76 valence electrons. The molecule has 0 unspecified atom stereocenters. The van der Waals surface area contributed by atoms with Crippen molar-refractivity contribution in [1.82, 2.24) is 0 Å². The van der Waals surface area contributed by atoms with Crippen molar-refractivity contribution in [3.63, 3.8) is 0 Å². The second-order valence-corrected chi connectivity index (χ2v) is 9.50. The lowest BCUT2D eigenvalue weighted by Crippen LogP contribution is -2.24. The fourth-order valence-electron chi connectivity index (χ4n) is 1.73. The lowest BCUT2D eigenvalue weighted by molar-refractivity contribution is 0.395. The van der Waals surface area contributed by atoms with Gasteiger partial charge in [-0.3, -0.25) is 0 Å². The fraction of sp³-hybridized carbons (Fsp3) is 0.818. The smallest absolute Gasteiger partial charge is 0.241 e. The van der Waals surface area contributed by atoms with Gasteiger partial charge in [-0.05, 0) is 44.5 Å². The van der Waals surface area contributed by atoms with Gasteiger partial charge in [-0.2, -0.15) is 0 Å². The van der Waals surface area contributed by atoms with Gasteiger partial charge in [-0.25, -0.2) is 0 Å². The van der Waals surface area contributed by atoms with Crippen molar-refractivity contribution in [2.45, 2.75) is 52.2 Å². The van der Waals surface area contributed by atoms with Crippen LogP contribution in [0.25, 0.3) is 0 Å². The Hall–Kier alpha value is -0.243. The molecule has 0 amide bonds. The van der Waals surface area contributed by atoms with Crippen LogP contribution in [0.2, 0.25) is 19.6 Å². The van der Waals surface area contributed by atoms with Gasteiger partial charge in [-0.1, -0.05) is 13.3 Å². The monoisotopic (exact) mass is 198 g/mol. The molecular weight excluding hydrogens is 176 g/mol. The van der Waals surface area contributed by atoms with Gasteiger partial charge >= 0.3 is 0 Å². The molecule has 0 fully saturated rings. The van der Waals surface area contributed by atoms with Crippen molar-refractivity contribution in [1.29, 1.82) is 0 Å². The van der Waals surface area contributed by atoms with Crippen molar-refractivity contribution in [2.24, 2.45) is 5.92 Å². The molecule has 1 atom stereocenters. The summed E-state index contributed by atoms with van der Waals surface area (Å²) in [7, 11) is -1.36. The molecule has 0 aliphatic heterocycles. The van der Waals surface area contributed by atoms with E-state index in [0.717, 1.165) is 6.42 Å². The van der Waals surface area contributed by atoms with E-state index >= 15 is 0 Å². The van der Waals surface area contributed by atoms with Crippen LogP contribution in [0.5, 0.6) is 0 Å². The average molecular weight is 198 g/mol. The van der Waals surface area contributed by atoms with Crippen LogP contribution >= 0.6 is 0 Å². The van der Waals surface area contributed by atoms with Crippen LogP contribution in [0.1, 0.15) is 32.6 Å². The van der Waals surface area contributed by atoms with Crippen LogP contribution in [-0.2, 0) is 4.43 Å². The molecule has 0 spiro atoms. The van der Waals surface area contributed by atoms with Gasteiger partial charge < -0.3 is 4.43 Å². The predicted octanol–water partition coefficient (Wildman–Crippen LogP) is 3.93. The lowest BCUT2D eigenvalue weighted by atomic mass is 10.1. The van der Waals surface area contributed by atoms with E-state index in [4.69, 9.17) is 4.43 Å². The molecule has 2 heteroatoms. The number of allylic oxidation sites excluding steroid dienone is 2. The summed E-state index contributed by atoms with van der Waals surface area (Å²) in [6, 6.07) is 0. The lowest BCUT2D eigenvalue weighted by Gasteiger charge is -2.21. The number of rotatable bonds is 2. The van der Waals surface area contributed by atoms with Crippen LogP contribution in [0.4, 0.5) is 0 Å². The quantitative estimate of drug-likeness (QED) is 0.611. The van der Waals surface area contributed by atoms with Crippen molar-refractivity contribution in [3.05, 3.63) is 11.8 Å². The second-order valence-electron chi connectivity index (χ2n) is 5.07. The summed E-state index contributed by atoms with van der Waals surface area (Å²) in [5.74, 6) is 1.98. The maximum absolute atomic E-state index is 6.03. The Morgan fingerprint density at radius 2 is 2.00 bits per heavy atom. The summed E-state index contributed by atoms with van der Waals surface area (Å²) in [6.45, 7) is 9.05. The minimum Gasteiger partial charge on any atom is -0.548 e. The van der Waals surface area contributed by atoms with Crippen LogP contribution in [0.3, 0.4) is 0 Å². The molecule has 0 heterocycles. The van der Waals surface area contributed by atoms with Gasteiger partial charge in [-0.15, -0.1) is 0 Å². The average Bonchev–Trinajstić information content (AvgIpc) is 2.10. The zero-order valence-electron chi connectivity index (χ0n) is 9.39. The Morgan fingerprint density at radius 1 is 1.31 bits per heavy atom. The molecule has 0 saturated heterocycles. The number of hydrogen-bond donors (Lipinski definition) is 0. The van der Waals surface area contributed by atoms with Gasteiger partial charge in [0.1, 0.15) is 0 Å². The fourth-order valence-corrected chi connectivity index (χ4v) is 2.68. The Balaban J connectivity index is 2.56. The highest BCUT2D eigenvalue weighted by atomic mass is 28.4. The Morgan fingerprint density at radius 3 is 2.62 bits per heavy atom. The van der Waals surface area contributed by atoms with Crippen LogP contribution in [-0.4, -0.2) is 8.32 Å². The van der Waals surface area contributed by atoms with Gasteiger partial charge in [0.05, 0.1) is 5.76 Å². The van der Waals surface area contributed by atoms with Gasteiger partial charge in [0.25, 0.3) is 0 Å². The first kappa shape index (κ1) is 10.8. The second kappa shape index (κ2) is 4.31. The summed E-state index contributed by atoms with van der Waals surface area (Å²) in [6.07, 6.45) is 7.50. The molecule has 1 aliphatic carbocycles. The van der Waals surface area contributed by atoms with E-state index in [1.54, 1.807) is 0 Å². The normalized spacial score (nSPS) is 24.9. The maximum atomic E-state index is 6.03. The zero-order chi connectivity index (χ0) is 9.90. The Labute approximate surface area is 83.3 Å². The predicted molar refractivity (Wildman–Crippen MR) is 60.1 cm³/mol. The van der Waals surface area contributed by atoms with E-state index in [0.29, 0.717) is 5.92 Å². The largest absolute Gasteiger partial charge is 0.548 e. The first-order valence-corrected chi connectivity index (χ1v) is 8.78. The van der Waals surface area contributed by atoms with E-state index in [1.165, 1.54) is 25.0 Å². The van der Waals surface area contributed by atoms with Crippen LogP contribution in [0, 0.1) is 5.92 Å². The zero-order valence-corrected chi connectivity index (χ0v) is 10.4. The van der Waals surface area contributed by atoms with Crippen LogP contribution in [0.15, 0.2) is 11.8 Å². The summed E-state index contributed by atoms with van der Waals surface area (Å²) >= 11 is 0. The Bertz CT molecular complexity index is 191. The Kier molecular flexibility index (Phi) is 3.60. The molecule has 0 aromatic carbocycles. The third kappa shape index (κ3) is 4.51. The van der Waals surface area contributed by atoms with Gasteiger partial charge in [0.15, 0.2) is 0 Å². The molecule has 0 N–H and O–H groups in total. The summed E-state index contributed by atoms with van der Waals surface area (Å²) in [4.78, 5) is 0. The summed E-state index contributed by atoms with van der Waals surface area (Å²) in [5.41, 5.74) is 0. The van der Waals surface area contributed by atoms with E-state index in [2.05, 4.69) is 32.6 Å². The van der Waals surface area contributed by atoms with Crippen molar-refractivity contribution in [2.75, 3.05) is 0 Å². The minimum atomic E-state index is -1.36. The van der Waals surface area contributed by atoms with Gasteiger partial charge in [0.2, 0.25) is 8.32 Å². The van der Waals surface area contributed by atoms with Crippen molar-refractivity contribution < 1.29 is 4.43 Å². The first-order chi connectivity index (χ1) is 5.97. The molecule has 13 heavy (non-hydrogen) atoms. The molecule has 0 radical (unpaired) electrons. The topological polar surface area (TPSA) is 9.23 Å². The number of hydrogen-bond acceptors (Lipinski definition) is 1. The molecule has 1 aliphatic rings. The highest BCUT2D eigenvalue weighted by molar-refractivity contribution is 6.70. The molecule has 1 rings (SSSR count). The highest BCUT2D eigenvalue weighted by Crippen LogP contribution is 2.24. The van der Waals surface area contributed by atoms with E-state index in [9.17, 15) is 0 Å². The SMILES string of the molecule is C[C@@H]1C=C(O[Si](C)(C)C)CCCC1. The highest BCUT2D eigenvalue weighted by Gasteiger charge is 2.19. The molecule has 0 aromatic heterocycles. The maximum Gasteiger partial charge on any atom is 0.241 e. The van der Waals surface area contributed by atoms with Gasteiger partial charge in [0, 0.05) is 6.42 Å². The van der Waals surface area contributed by atoms with E-state index in [1.807, 2.05) is 0 Å². The molecular formula is C11H22OSi. The summed E-state index contributed by atoms with van der Waals surface area (Å²) < 4.78 is 6.03. The van der Waals surface area contributed by atoms with Crippen LogP contribution < -0.4 is 0 Å². The molecule has 0 aromatic rings. The van der Waals surface area contributed by atoms with E-state index < -0.39 is 8.32 Å². The van der Waals surface area contributed by atoms with Crippen molar-refractivity contribution >= 4 is 8.32 Å². The van der Waals surface area contributed by atoms with Crippen molar-refractivity contribution in [3.8, 4) is 0 Å². The molecule has 1 nitrogen and oxygen atoms in total. The first-order valence-electron chi connectivity index (χ1n) is 5.37. The molecule has 0 saturated carbocycles. The standard InChI is InChI=1S/C11H22OSi/c1-10-7-5-6-8-11(9-10)12-13(2,3)4/h9-10H,5-8H2,1-4H3/t10-/m0/s1. The van der Waals surface area contributed by atoms with E-state index in [-0.39, 0.29) is 0 Å². The third-order valence-corrected chi connectivity index (χ3v) is 3.11. The molecule has 0 bridgehead atoms. The minimum absolute atomic E-state index is 0.717.